The molecule has 0 saturated carbocycles. The number of aromatic nitrogens is 4. The summed E-state index contributed by atoms with van der Waals surface area (Å²) in [6.45, 7) is 4.72. The van der Waals surface area contributed by atoms with Gasteiger partial charge in [-0.3, -0.25) is 23.4 Å². The average molecular weight is 475 g/mol. The molecule has 1 saturated heterocycles. The Kier molecular flexibility index (Phi) is 5.89. The fraction of sp³-hybridized carbons (Fsp3) is 0.208. The van der Waals surface area contributed by atoms with Crippen LogP contribution >= 0.6 is 11.8 Å². The highest BCUT2D eigenvalue weighted by Crippen LogP contribution is 2.25. The van der Waals surface area contributed by atoms with Gasteiger partial charge >= 0.3 is 0 Å². The first-order valence-corrected chi connectivity index (χ1v) is 11.9. The highest BCUT2D eigenvalue weighted by Gasteiger charge is 2.22. The van der Waals surface area contributed by atoms with Crippen molar-refractivity contribution in [2.75, 3.05) is 22.5 Å². The number of hydrogen-bond donors (Lipinski definition) is 1. The molecular formula is C24H22N6O3S. The van der Waals surface area contributed by atoms with Gasteiger partial charge in [0, 0.05) is 30.9 Å². The summed E-state index contributed by atoms with van der Waals surface area (Å²) in [7, 11) is 0. The summed E-state index contributed by atoms with van der Waals surface area (Å²) in [4.78, 5) is 39.3. The molecule has 0 radical (unpaired) electrons. The minimum atomic E-state index is -0.213. The summed E-state index contributed by atoms with van der Waals surface area (Å²) < 4.78 is 3.30. The number of allylic oxidation sites excluding steroid dienone is 1. The third kappa shape index (κ3) is 3.96. The smallest absolute Gasteiger partial charge is 0.263 e. The highest BCUT2D eigenvalue weighted by molar-refractivity contribution is 7.99. The fourth-order valence-corrected chi connectivity index (χ4v) is 4.86. The molecule has 0 spiro atoms. The third-order valence-electron chi connectivity index (χ3n) is 5.64. The monoisotopic (exact) mass is 474 g/mol. The Hall–Kier alpha value is -3.92. The number of thioether (sulfide) groups is 1. The Labute approximate surface area is 199 Å². The van der Waals surface area contributed by atoms with Crippen LogP contribution in [0.4, 0.5) is 11.4 Å². The van der Waals surface area contributed by atoms with Crippen molar-refractivity contribution in [1.29, 1.82) is 0 Å². The summed E-state index contributed by atoms with van der Waals surface area (Å²) in [5, 5.41) is 12.4. The summed E-state index contributed by atoms with van der Waals surface area (Å²) in [5.74, 6) is 0.382. The Morgan fingerprint density at radius 3 is 2.79 bits per heavy atom. The van der Waals surface area contributed by atoms with Crippen LogP contribution in [0.5, 0.6) is 0 Å². The number of carbonyl (C=O) groups is 2. The maximum Gasteiger partial charge on any atom is 0.263 e. The molecule has 1 fully saturated rings. The molecule has 2 aromatic heterocycles. The molecule has 0 atom stereocenters. The van der Waals surface area contributed by atoms with Gasteiger partial charge in [-0.25, -0.2) is 0 Å². The van der Waals surface area contributed by atoms with Crippen LogP contribution in [0.3, 0.4) is 0 Å². The summed E-state index contributed by atoms with van der Waals surface area (Å²) >= 11 is 1.23. The largest absolute Gasteiger partial charge is 0.325 e. The summed E-state index contributed by atoms with van der Waals surface area (Å²) in [6.07, 6.45) is 3.03. The number of nitrogens with one attached hydrogen (secondary N) is 1. The SMILES string of the molecule is C=CCn1c(=O)c2ccccc2n2c(SCC(=O)Nc3cccc(N4CCCC4=O)c3)nnc12. The van der Waals surface area contributed by atoms with E-state index >= 15 is 0 Å². The second-order valence-corrected chi connectivity index (χ2v) is 8.82. The topological polar surface area (TPSA) is 102 Å². The molecule has 34 heavy (non-hydrogen) atoms. The van der Waals surface area contributed by atoms with Gasteiger partial charge in [0.25, 0.3) is 5.56 Å². The minimum Gasteiger partial charge on any atom is -0.325 e. The molecule has 0 aliphatic carbocycles. The lowest BCUT2D eigenvalue weighted by Gasteiger charge is -2.16. The van der Waals surface area contributed by atoms with E-state index in [9.17, 15) is 14.4 Å². The van der Waals surface area contributed by atoms with E-state index in [2.05, 4.69) is 22.1 Å². The van der Waals surface area contributed by atoms with Gasteiger partial charge in [0.1, 0.15) is 0 Å². The van der Waals surface area contributed by atoms with Gasteiger partial charge in [0.15, 0.2) is 5.16 Å². The molecule has 172 valence electrons. The van der Waals surface area contributed by atoms with E-state index in [0.717, 1.165) is 12.1 Å². The van der Waals surface area contributed by atoms with Crippen LogP contribution in [0.25, 0.3) is 16.7 Å². The van der Waals surface area contributed by atoms with Crippen molar-refractivity contribution in [1.82, 2.24) is 19.2 Å². The molecule has 3 heterocycles. The van der Waals surface area contributed by atoms with E-state index in [0.29, 0.717) is 47.0 Å². The Morgan fingerprint density at radius 1 is 1.15 bits per heavy atom. The van der Waals surface area contributed by atoms with Crippen LogP contribution in [-0.4, -0.2) is 43.3 Å². The second kappa shape index (κ2) is 9.14. The predicted molar refractivity (Wildman–Crippen MR) is 132 cm³/mol. The predicted octanol–water partition coefficient (Wildman–Crippen LogP) is 3.09. The van der Waals surface area contributed by atoms with Crippen LogP contribution in [0.1, 0.15) is 12.8 Å². The number of benzene rings is 2. The zero-order valence-corrected chi connectivity index (χ0v) is 19.1. The molecule has 9 nitrogen and oxygen atoms in total. The Morgan fingerprint density at radius 2 is 2.00 bits per heavy atom. The average Bonchev–Trinajstić information content (AvgIpc) is 3.47. The standard InChI is InChI=1S/C24H22N6O3S/c1-2-12-29-22(33)18-9-3-4-10-19(18)30-23(29)26-27-24(30)34-15-20(31)25-16-7-5-8-17(14-16)28-13-6-11-21(28)32/h2-5,7-10,14H,1,6,11-13,15H2,(H,25,31). The van der Waals surface area contributed by atoms with Gasteiger partial charge in [0.2, 0.25) is 17.6 Å². The van der Waals surface area contributed by atoms with Crippen LogP contribution in [-0.2, 0) is 16.1 Å². The molecule has 5 rings (SSSR count). The van der Waals surface area contributed by atoms with Crippen molar-refractivity contribution in [3.63, 3.8) is 0 Å². The van der Waals surface area contributed by atoms with Crippen molar-refractivity contribution in [2.45, 2.75) is 24.5 Å². The summed E-state index contributed by atoms with van der Waals surface area (Å²) in [5.41, 5.74) is 1.92. The molecule has 4 aromatic rings. The first-order chi connectivity index (χ1) is 16.6. The molecule has 0 bridgehead atoms. The number of rotatable bonds is 7. The maximum atomic E-state index is 12.9. The number of para-hydroxylation sites is 1. The molecule has 1 N–H and O–H groups in total. The Balaban J connectivity index is 1.38. The highest BCUT2D eigenvalue weighted by atomic mass is 32.2. The number of nitrogens with zero attached hydrogens (tertiary/aromatic N) is 5. The van der Waals surface area contributed by atoms with Gasteiger partial charge < -0.3 is 10.2 Å². The van der Waals surface area contributed by atoms with E-state index < -0.39 is 0 Å². The van der Waals surface area contributed by atoms with Crippen LogP contribution in [0, 0.1) is 0 Å². The van der Waals surface area contributed by atoms with Gasteiger partial charge in [-0.05, 0) is 36.8 Å². The van der Waals surface area contributed by atoms with Gasteiger partial charge in [-0.1, -0.05) is 36.0 Å². The maximum absolute atomic E-state index is 12.9. The Bertz CT molecular complexity index is 1490. The normalized spacial score (nSPS) is 13.6. The lowest BCUT2D eigenvalue weighted by Crippen LogP contribution is -2.24. The number of amides is 2. The number of carbonyl (C=O) groups excluding carboxylic acids is 2. The van der Waals surface area contributed by atoms with E-state index in [1.165, 1.54) is 16.3 Å². The molecular weight excluding hydrogens is 452 g/mol. The third-order valence-corrected chi connectivity index (χ3v) is 6.57. The molecule has 1 aliphatic rings. The zero-order chi connectivity index (χ0) is 23.7. The second-order valence-electron chi connectivity index (χ2n) is 7.88. The first kappa shape index (κ1) is 21.9. The summed E-state index contributed by atoms with van der Waals surface area (Å²) in [6, 6.07) is 14.5. The van der Waals surface area contributed by atoms with Gasteiger partial charge in [0.05, 0.1) is 16.7 Å². The molecule has 10 heteroatoms. The van der Waals surface area contributed by atoms with E-state index in [-0.39, 0.29) is 23.1 Å². The van der Waals surface area contributed by atoms with Crippen molar-refractivity contribution < 1.29 is 9.59 Å². The van der Waals surface area contributed by atoms with Crippen molar-refractivity contribution in [3.8, 4) is 0 Å². The first-order valence-electron chi connectivity index (χ1n) is 10.9. The zero-order valence-electron chi connectivity index (χ0n) is 18.3. The van der Waals surface area contributed by atoms with E-state index in [4.69, 9.17) is 0 Å². The fourth-order valence-electron chi connectivity index (χ4n) is 4.12. The molecule has 0 unspecified atom stereocenters. The van der Waals surface area contributed by atoms with Crippen molar-refractivity contribution in [2.24, 2.45) is 0 Å². The van der Waals surface area contributed by atoms with E-state index in [1.54, 1.807) is 33.6 Å². The van der Waals surface area contributed by atoms with Gasteiger partial charge in [-0.2, -0.15) is 0 Å². The quantitative estimate of drug-likeness (QED) is 0.326. The van der Waals surface area contributed by atoms with Crippen LogP contribution in [0.2, 0.25) is 0 Å². The lowest BCUT2D eigenvalue weighted by atomic mass is 10.2. The van der Waals surface area contributed by atoms with Crippen molar-refractivity contribution >= 4 is 51.6 Å². The number of hydrogen-bond acceptors (Lipinski definition) is 6. The number of anilines is 2. The van der Waals surface area contributed by atoms with Crippen molar-refractivity contribution in [3.05, 3.63) is 71.5 Å². The van der Waals surface area contributed by atoms with Crippen LogP contribution in [0.15, 0.2) is 71.1 Å². The number of fused-ring (bicyclic) bond motifs is 3. The van der Waals surface area contributed by atoms with Crippen LogP contribution < -0.4 is 15.8 Å². The molecule has 2 aromatic carbocycles. The molecule has 2 amide bonds. The van der Waals surface area contributed by atoms with E-state index in [1.807, 2.05) is 30.3 Å². The van der Waals surface area contributed by atoms with Gasteiger partial charge in [-0.15, -0.1) is 16.8 Å². The molecule has 1 aliphatic heterocycles. The lowest BCUT2D eigenvalue weighted by molar-refractivity contribution is -0.117. The minimum absolute atomic E-state index is 0.0971.